The first-order chi connectivity index (χ1) is 18.7. The first kappa shape index (κ1) is 29.3. The number of non-ortho nitro benzene ring substituents is 1. The van der Waals surface area contributed by atoms with Gasteiger partial charge in [0, 0.05) is 25.2 Å². The van der Waals surface area contributed by atoms with E-state index in [0.717, 1.165) is 9.87 Å². The molecular weight excluding hydrogens is 520 g/mol. The second-order valence-electron chi connectivity index (χ2n) is 8.74. The van der Waals surface area contributed by atoms with E-state index < -0.39 is 33.4 Å². The van der Waals surface area contributed by atoms with Gasteiger partial charge in [-0.05, 0) is 49.6 Å². The number of likely N-dealkylation sites (N-methyl/N-ethyl adjacent to an activating group) is 1. The largest absolute Gasteiger partial charge is 0.355 e. The van der Waals surface area contributed by atoms with E-state index in [1.807, 2.05) is 30.3 Å². The predicted molar refractivity (Wildman–Crippen MR) is 149 cm³/mol. The predicted octanol–water partition coefficient (Wildman–Crippen LogP) is 3.78. The average molecular weight is 553 g/mol. The van der Waals surface area contributed by atoms with E-state index in [1.165, 1.54) is 41.3 Å². The van der Waals surface area contributed by atoms with Crippen molar-refractivity contribution in [3.8, 4) is 0 Å². The maximum atomic E-state index is 13.8. The number of amides is 2. The number of nitro benzene ring substituents is 1. The Balaban J connectivity index is 2.01. The molecule has 3 aromatic rings. The molecule has 206 valence electrons. The summed E-state index contributed by atoms with van der Waals surface area (Å²) in [7, 11) is -4.23. The third-order valence-corrected chi connectivity index (χ3v) is 7.97. The van der Waals surface area contributed by atoms with Crippen LogP contribution in [-0.4, -0.2) is 55.7 Å². The van der Waals surface area contributed by atoms with E-state index in [9.17, 15) is 28.1 Å². The highest BCUT2D eigenvalue weighted by Gasteiger charge is 2.33. The van der Waals surface area contributed by atoms with E-state index in [-0.39, 0.29) is 28.7 Å². The Morgan fingerprint density at radius 1 is 0.923 bits per heavy atom. The van der Waals surface area contributed by atoms with Gasteiger partial charge in [-0.2, -0.15) is 0 Å². The maximum absolute atomic E-state index is 13.8. The van der Waals surface area contributed by atoms with Crippen molar-refractivity contribution < 1.29 is 22.9 Å². The smallest absolute Gasteiger partial charge is 0.269 e. The van der Waals surface area contributed by atoms with Crippen molar-refractivity contribution in [2.75, 3.05) is 23.9 Å². The van der Waals surface area contributed by atoms with Crippen molar-refractivity contribution >= 4 is 33.2 Å². The van der Waals surface area contributed by atoms with Gasteiger partial charge in [0.2, 0.25) is 11.8 Å². The summed E-state index contributed by atoms with van der Waals surface area (Å²) in [6, 6.07) is 21.2. The first-order valence-corrected chi connectivity index (χ1v) is 14.1. The molecule has 11 heteroatoms. The number of nitrogens with one attached hydrogen (secondary N) is 1. The fourth-order valence-corrected chi connectivity index (χ4v) is 5.61. The summed E-state index contributed by atoms with van der Waals surface area (Å²) in [4.78, 5) is 38.7. The number of nitro groups is 1. The summed E-state index contributed by atoms with van der Waals surface area (Å²) in [5, 5.41) is 13.9. The normalized spacial score (nSPS) is 11.8. The van der Waals surface area contributed by atoms with Crippen LogP contribution in [0.2, 0.25) is 0 Å². The summed E-state index contributed by atoms with van der Waals surface area (Å²) in [6.45, 7) is 3.55. The highest BCUT2D eigenvalue weighted by molar-refractivity contribution is 7.92. The van der Waals surface area contributed by atoms with Crippen molar-refractivity contribution in [2.45, 2.75) is 37.6 Å². The molecule has 0 aromatic heterocycles. The van der Waals surface area contributed by atoms with Crippen LogP contribution in [0.1, 0.15) is 25.8 Å². The number of sulfonamides is 1. The fourth-order valence-electron chi connectivity index (χ4n) is 4.18. The lowest BCUT2D eigenvalue weighted by Crippen LogP contribution is -2.53. The van der Waals surface area contributed by atoms with Gasteiger partial charge in [0.25, 0.3) is 15.7 Å². The Hall–Kier alpha value is -4.25. The molecule has 2 amide bonds. The summed E-state index contributed by atoms with van der Waals surface area (Å²) in [5.41, 5.74) is 0.839. The Labute approximate surface area is 228 Å². The number of hydrogen-bond donors (Lipinski definition) is 1. The molecule has 0 radical (unpaired) electrons. The minimum atomic E-state index is -4.23. The van der Waals surface area contributed by atoms with E-state index in [1.54, 1.807) is 32.0 Å². The summed E-state index contributed by atoms with van der Waals surface area (Å²) < 4.78 is 28.3. The molecule has 1 atom stereocenters. The molecule has 0 unspecified atom stereocenters. The monoisotopic (exact) mass is 552 g/mol. The fraction of sp³-hybridized carbons (Fsp3) is 0.286. The van der Waals surface area contributed by atoms with Gasteiger partial charge in [-0.15, -0.1) is 0 Å². The van der Waals surface area contributed by atoms with Gasteiger partial charge in [-0.1, -0.05) is 55.5 Å². The molecule has 0 fully saturated rings. The standard InChI is InChI=1S/C28H32N4O6S/c1-3-26(28(34)29-4-2)30(20-19-22-11-7-5-8-12-22)27(33)21-31(23-15-17-24(18-16-23)32(35)36)39(37,38)25-13-9-6-10-14-25/h5-18,26H,3-4,19-21H2,1-2H3,(H,29,34)/t26-/m1/s1. The topological polar surface area (TPSA) is 130 Å². The minimum Gasteiger partial charge on any atom is -0.355 e. The van der Waals surface area contributed by atoms with Crippen LogP contribution in [0.5, 0.6) is 0 Å². The van der Waals surface area contributed by atoms with Crippen molar-refractivity contribution in [1.29, 1.82) is 0 Å². The van der Waals surface area contributed by atoms with Gasteiger partial charge in [-0.3, -0.25) is 24.0 Å². The number of carbonyl (C=O) groups excluding carboxylic acids is 2. The Bertz CT molecular complexity index is 1370. The molecule has 39 heavy (non-hydrogen) atoms. The number of hydrogen-bond acceptors (Lipinski definition) is 6. The number of anilines is 1. The Kier molecular flexibility index (Phi) is 10.2. The zero-order valence-electron chi connectivity index (χ0n) is 21.9. The quantitative estimate of drug-likeness (QED) is 0.254. The van der Waals surface area contributed by atoms with Gasteiger partial charge < -0.3 is 10.2 Å². The molecule has 0 bridgehead atoms. The van der Waals surface area contributed by atoms with E-state index in [4.69, 9.17) is 0 Å². The van der Waals surface area contributed by atoms with Gasteiger partial charge in [0.1, 0.15) is 12.6 Å². The van der Waals surface area contributed by atoms with E-state index in [2.05, 4.69) is 5.32 Å². The lowest BCUT2D eigenvalue weighted by Gasteiger charge is -2.33. The lowest BCUT2D eigenvalue weighted by molar-refractivity contribution is -0.384. The third kappa shape index (κ3) is 7.41. The summed E-state index contributed by atoms with van der Waals surface area (Å²) >= 11 is 0. The molecule has 0 saturated carbocycles. The van der Waals surface area contributed by atoms with Gasteiger partial charge >= 0.3 is 0 Å². The molecule has 0 aliphatic heterocycles. The Morgan fingerprint density at radius 2 is 1.51 bits per heavy atom. The molecule has 10 nitrogen and oxygen atoms in total. The number of nitrogens with zero attached hydrogens (tertiary/aromatic N) is 3. The molecule has 3 rings (SSSR count). The maximum Gasteiger partial charge on any atom is 0.269 e. The van der Waals surface area contributed by atoms with Crippen LogP contribution in [0.4, 0.5) is 11.4 Å². The summed E-state index contributed by atoms with van der Waals surface area (Å²) in [6.07, 6.45) is 0.792. The van der Waals surface area contributed by atoms with Gasteiger partial charge in [-0.25, -0.2) is 8.42 Å². The van der Waals surface area contributed by atoms with Crippen molar-refractivity contribution in [3.63, 3.8) is 0 Å². The number of benzene rings is 3. The van der Waals surface area contributed by atoms with Crippen LogP contribution >= 0.6 is 0 Å². The molecule has 0 aliphatic rings. The zero-order valence-corrected chi connectivity index (χ0v) is 22.7. The molecule has 0 spiro atoms. The minimum absolute atomic E-state index is 0.0391. The second-order valence-corrected chi connectivity index (χ2v) is 10.6. The number of rotatable bonds is 13. The zero-order chi connectivity index (χ0) is 28.4. The molecule has 0 heterocycles. The number of carbonyl (C=O) groups is 2. The van der Waals surface area contributed by atoms with Crippen LogP contribution in [0.15, 0.2) is 89.8 Å². The van der Waals surface area contributed by atoms with Crippen molar-refractivity contribution in [1.82, 2.24) is 10.2 Å². The van der Waals surface area contributed by atoms with Crippen LogP contribution in [-0.2, 0) is 26.0 Å². The first-order valence-electron chi connectivity index (χ1n) is 12.6. The van der Waals surface area contributed by atoms with Gasteiger partial charge in [0.15, 0.2) is 0 Å². The molecule has 1 N–H and O–H groups in total. The summed E-state index contributed by atoms with van der Waals surface area (Å²) in [5.74, 6) is -0.892. The van der Waals surface area contributed by atoms with Crippen LogP contribution in [0.3, 0.4) is 0 Å². The molecular formula is C28H32N4O6S. The van der Waals surface area contributed by atoms with Gasteiger partial charge in [0.05, 0.1) is 15.5 Å². The van der Waals surface area contributed by atoms with Crippen LogP contribution < -0.4 is 9.62 Å². The highest BCUT2D eigenvalue weighted by atomic mass is 32.2. The molecule has 0 aliphatic carbocycles. The van der Waals surface area contributed by atoms with Crippen LogP contribution in [0, 0.1) is 10.1 Å². The average Bonchev–Trinajstić information content (AvgIpc) is 2.95. The van der Waals surface area contributed by atoms with Crippen molar-refractivity contribution in [2.24, 2.45) is 0 Å². The van der Waals surface area contributed by atoms with Crippen molar-refractivity contribution in [3.05, 3.63) is 101 Å². The van der Waals surface area contributed by atoms with E-state index in [0.29, 0.717) is 19.4 Å². The lowest BCUT2D eigenvalue weighted by atomic mass is 10.1. The second kappa shape index (κ2) is 13.5. The van der Waals surface area contributed by atoms with E-state index >= 15 is 0 Å². The molecule has 3 aromatic carbocycles. The highest BCUT2D eigenvalue weighted by Crippen LogP contribution is 2.26. The molecule has 0 saturated heterocycles. The Morgan fingerprint density at radius 3 is 2.05 bits per heavy atom. The van der Waals surface area contributed by atoms with Crippen LogP contribution in [0.25, 0.3) is 0 Å². The third-order valence-electron chi connectivity index (χ3n) is 6.18. The SMILES string of the molecule is CCNC(=O)[C@@H](CC)N(CCc1ccccc1)C(=O)CN(c1ccc([N+](=O)[O-])cc1)S(=O)(=O)c1ccccc1.